The average molecular weight is 782 g/mol. The summed E-state index contributed by atoms with van der Waals surface area (Å²) in [6.07, 6.45) is 0.772. The highest BCUT2D eigenvalue weighted by atomic mass is 16.3. The van der Waals surface area contributed by atoms with E-state index in [1.54, 1.807) is 25.8 Å². The molecule has 3 aliphatic carbocycles. The first kappa shape index (κ1) is 44.8. The van der Waals surface area contributed by atoms with Crippen molar-refractivity contribution in [1.29, 1.82) is 0 Å². The molecule has 13 nitrogen and oxygen atoms in total. The lowest BCUT2D eigenvalue weighted by atomic mass is 9.42. The van der Waals surface area contributed by atoms with E-state index < -0.39 is 80.5 Å². The zero-order valence-corrected chi connectivity index (χ0v) is 36.4. The summed E-state index contributed by atoms with van der Waals surface area (Å²) in [6.45, 7) is 27.7. The van der Waals surface area contributed by atoms with Gasteiger partial charge in [0.25, 0.3) is 5.91 Å². The van der Waals surface area contributed by atoms with Crippen LogP contribution in [0.15, 0.2) is 22.7 Å². The van der Waals surface area contributed by atoms with Gasteiger partial charge in [-0.25, -0.2) is 0 Å². The number of aromatic hydroxyl groups is 1. The molecule has 7 N–H and O–H groups in total. The van der Waals surface area contributed by atoms with Gasteiger partial charge in [0.15, 0.2) is 17.1 Å². The summed E-state index contributed by atoms with van der Waals surface area (Å²) in [5, 5.41) is 57.9. The number of hydrogen-bond donors (Lipinski definition) is 7. The minimum absolute atomic E-state index is 0.0443. The fourth-order valence-electron chi connectivity index (χ4n) is 9.82. The second-order valence-electron chi connectivity index (χ2n) is 18.0. The van der Waals surface area contributed by atoms with Crippen molar-refractivity contribution in [2.24, 2.45) is 23.2 Å². The van der Waals surface area contributed by atoms with Gasteiger partial charge in [0.05, 0.1) is 23.8 Å². The third kappa shape index (κ3) is 6.14. The number of nitrogens with zero attached hydrogens (tertiary/aromatic N) is 2. The SMILES string of the molecule is CCN(c1c(C)c(NC(=O)CNC(C)(CC)C(C)C)c(O)c2c1C(C)(C)[C@]1(C)C(=C(O)[C@]3(O)C(=O)C(C(=O)NC)=C(O)C(N(C)C(C)C)[C@@H]3C1C)C2=O)C(C)C. The number of ketones is 2. The number of phenols is 1. The van der Waals surface area contributed by atoms with Crippen LogP contribution in [0.2, 0.25) is 0 Å². The van der Waals surface area contributed by atoms with E-state index >= 15 is 4.79 Å². The number of fused-ring (bicyclic) bond motifs is 3. The number of allylic oxidation sites excluding steroid dienone is 1. The minimum Gasteiger partial charge on any atom is -0.510 e. The van der Waals surface area contributed by atoms with E-state index in [0.29, 0.717) is 23.4 Å². The number of amides is 2. The number of Topliss-reactive ketones (excluding diaryl/α,β-unsaturated/α-hetero) is 2. The molecule has 0 aromatic heterocycles. The van der Waals surface area contributed by atoms with Crippen LogP contribution in [0.1, 0.15) is 118 Å². The smallest absolute Gasteiger partial charge is 0.258 e. The Labute approximate surface area is 333 Å². The second kappa shape index (κ2) is 15.1. The summed E-state index contributed by atoms with van der Waals surface area (Å²) >= 11 is 0. The van der Waals surface area contributed by atoms with Gasteiger partial charge in [-0.2, -0.15) is 0 Å². The van der Waals surface area contributed by atoms with Crippen LogP contribution in [0.4, 0.5) is 11.4 Å². The fraction of sp³-hybridized carbons (Fsp3) is 0.674. The maximum Gasteiger partial charge on any atom is 0.258 e. The van der Waals surface area contributed by atoms with E-state index in [1.165, 1.54) is 7.05 Å². The molecule has 1 aromatic carbocycles. The summed E-state index contributed by atoms with van der Waals surface area (Å²) in [6, 6.07) is -1.46. The normalized spacial score (nSPS) is 27.1. The molecule has 3 unspecified atom stereocenters. The van der Waals surface area contributed by atoms with Gasteiger partial charge in [-0.3, -0.25) is 24.1 Å². The quantitative estimate of drug-likeness (QED) is 0.106. The summed E-state index contributed by atoms with van der Waals surface area (Å²) in [5.41, 5.74) is -4.99. The zero-order valence-electron chi connectivity index (χ0n) is 36.4. The highest BCUT2D eigenvalue weighted by Crippen LogP contribution is 2.68. The Kier molecular flexibility index (Phi) is 12.1. The highest BCUT2D eigenvalue weighted by Gasteiger charge is 2.72. The predicted octanol–water partition coefficient (Wildman–Crippen LogP) is 5.43. The molecule has 0 spiro atoms. The van der Waals surface area contributed by atoms with Gasteiger partial charge in [0.1, 0.15) is 17.1 Å². The van der Waals surface area contributed by atoms with Gasteiger partial charge in [0, 0.05) is 64.8 Å². The van der Waals surface area contributed by atoms with Crippen LogP contribution in [0.3, 0.4) is 0 Å². The number of aliphatic hydroxyl groups excluding tert-OH is 2. The Bertz CT molecular complexity index is 1880. The first-order valence-corrected chi connectivity index (χ1v) is 20.1. The van der Waals surface area contributed by atoms with Crippen LogP contribution < -0.4 is 20.9 Å². The van der Waals surface area contributed by atoms with Gasteiger partial charge in [-0.05, 0) is 79.3 Å². The van der Waals surface area contributed by atoms with E-state index in [4.69, 9.17) is 0 Å². The van der Waals surface area contributed by atoms with Gasteiger partial charge in [0.2, 0.25) is 11.7 Å². The molecule has 13 heteroatoms. The maximum absolute atomic E-state index is 15.4. The number of benzene rings is 1. The first-order chi connectivity index (χ1) is 25.7. The van der Waals surface area contributed by atoms with Crippen molar-refractivity contribution in [3.8, 4) is 5.75 Å². The number of carbonyl (C=O) groups excluding carboxylic acids is 4. The number of hydrogen-bond acceptors (Lipinski definition) is 11. The topological polar surface area (TPSA) is 192 Å². The molecule has 0 radical (unpaired) electrons. The molecule has 1 aromatic rings. The molecule has 0 heterocycles. The number of phenolic OH excluding ortho intramolecular Hbond substituents is 1. The van der Waals surface area contributed by atoms with E-state index in [-0.39, 0.29) is 46.9 Å². The molecule has 4 rings (SSSR count). The van der Waals surface area contributed by atoms with Crippen molar-refractivity contribution in [3.05, 3.63) is 39.4 Å². The molecule has 2 amide bonds. The number of rotatable bonds is 12. The van der Waals surface area contributed by atoms with Gasteiger partial charge < -0.3 is 41.3 Å². The fourth-order valence-corrected chi connectivity index (χ4v) is 9.82. The number of anilines is 2. The van der Waals surface area contributed by atoms with Gasteiger partial charge in [-0.1, -0.05) is 48.5 Å². The maximum atomic E-state index is 15.4. The third-order valence-corrected chi connectivity index (χ3v) is 14.5. The summed E-state index contributed by atoms with van der Waals surface area (Å²) < 4.78 is 0. The van der Waals surface area contributed by atoms with Crippen LogP contribution in [-0.2, 0) is 19.8 Å². The first-order valence-electron chi connectivity index (χ1n) is 20.1. The van der Waals surface area contributed by atoms with Crippen LogP contribution in [0.5, 0.6) is 5.75 Å². The van der Waals surface area contributed by atoms with Crippen LogP contribution >= 0.6 is 0 Å². The van der Waals surface area contributed by atoms with Crippen molar-refractivity contribution in [3.63, 3.8) is 0 Å². The molecule has 0 bridgehead atoms. The Morgan fingerprint density at radius 2 is 1.55 bits per heavy atom. The molecule has 0 saturated heterocycles. The van der Waals surface area contributed by atoms with Crippen LogP contribution in [0, 0.1) is 30.1 Å². The molecule has 0 aliphatic heterocycles. The molecular formula is C43H67N5O8. The second-order valence-corrected chi connectivity index (χ2v) is 18.0. The third-order valence-electron chi connectivity index (χ3n) is 14.5. The van der Waals surface area contributed by atoms with Crippen molar-refractivity contribution in [1.82, 2.24) is 15.5 Å². The summed E-state index contributed by atoms with van der Waals surface area (Å²) in [7, 11) is 2.99. The van der Waals surface area contributed by atoms with E-state index in [1.807, 2.05) is 69.2 Å². The molecular weight excluding hydrogens is 714 g/mol. The summed E-state index contributed by atoms with van der Waals surface area (Å²) in [4.78, 5) is 60.6. The van der Waals surface area contributed by atoms with Crippen molar-refractivity contribution >= 4 is 34.8 Å². The Morgan fingerprint density at radius 3 is 2.02 bits per heavy atom. The van der Waals surface area contributed by atoms with Crippen molar-refractivity contribution in [2.45, 2.75) is 138 Å². The number of likely N-dealkylation sites (N-methyl/N-ethyl adjacent to an activating group) is 2. The standard InChI is InChI=1S/C43H67N5O8/c1-17-41(13,20(3)4)45-19-25(49)46-31-23(9)32(48(18-2)22(7)8)29-26(35(31)51)34(50)30-38(54)43(56)28(24(10)42(30,14)40(29,11)12)33(47(16)21(5)6)36(52)27(37(43)53)39(55)44-15/h20-22,24,28,33,45,51-52,54,56H,17-19H2,1-16H3,(H,44,55)(H,46,49)/t24?,28-,33?,41?,42-,43+/m0/s1. The van der Waals surface area contributed by atoms with Crippen molar-refractivity contribution in [2.75, 3.05) is 37.4 Å². The molecule has 6 atom stereocenters. The Morgan fingerprint density at radius 1 is 0.982 bits per heavy atom. The summed E-state index contributed by atoms with van der Waals surface area (Å²) in [5.74, 6) is -7.17. The lowest BCUT2D eigenvalue weighted by Crippen LogP contribution is -2.70. The van der Waals surface area contributed by atoms with E-state index in [2.05, 4.69) is 34.7 Å². The largest absolute Gasteiger partial charge is 0.510 e. The Balaban J connectivity index is 2.13. The molecule has 0 fully saturated rings. The molecule has 3 aliphatic rings. The lowest BCUT2D eigenvalue weighted by molar-refractivity contribution is -0.161. The number of nitrogens with one attached hydrogen (secondary N) is 3. The number of aliphatic hydroxyl groups is 3. The highest BCUT2D eigenvalue weighted by molar-refractivity contribution is 6.25. The van der Waals surface area contributed by atoms with Crippen LogP contribution in [0.25, 0.3) is 0 Å². The van der Waals surface area contributed by atoms with Gasteiger partial charge >= 0.3 is 0 Å². The van der Waals surface area contributed by atoms with E-state index in [0.717, 1.165) is 6.42 Å². The average Bonchev–Trinajstić information content (AvgIpc) is 3.12. The van der Waals surface area contributed by atoms with Crippen LogP contribution in [-0.4, -0.2) is 105 Å². The number of carbonyl (C=O) groups is 4. The van der Waals surface area contributed by atoms with Gasteiger partial charge in [-0.15, -0.1) is 0 Å². The van der Waals surface area contributed by atoms with Crippen molar-refractivity contribution < 1.29 is 39.6 Å². The Hall–Kier alpha value is -3.94. The zero-order chi connectivity index (χ0) is 42.9. The monoisotopic (exact) mass is 781 g/mol. The minimum atomic E-state index is -2.80. The van der Waals surface area contributed by atoms with E-state index in [9.17, 15) is 34.8 Å². The molecule has 312 valence electrons. The molecule has 0 saturated carbocycles. The lowest BCUT2D eigenvalue weighted by Gasteiger charge is -2.62. The predicted molar refractivity (Wildman–Crippen MR) is 219 cm³/mol. The molecule has 56 heavy (non-hydrogen) atoms.